The van der Waals surface area contributed by atoms with Crippen molar-refractivity contribution in [1.82, 2.24) is 15.0 Å². The highest BCUT2D eigenvalue weighted by Crippen LogP contribution is 2.25. The van der Waals surface area contributed by atoms with Crippen LogP contribution in [0.1, 0.15) is 18.7 Å². The van der Waals surface area contributed by atoms with Crippen molar-refractivity contribution in [3.05, 3.63) is 35.1 Å². The van der Waals surface area contributed by atoms with Gasteiger partial charge < -0.3 is 9.63 Å². The third-order valence-corrected chi connectivity index (χ3v) is 3.24. The number of aromatic nitrogens is 2. The number of hydrogen-bond acceptors (Lipinski definition) is 5. The third-order valence-electron chi connectivity index (χ3n) is 2.91. The molecular formula is C14H16ClN3O3. The summed E-state index contributed by atoms with van der Waals surface area (Å²) < 4.78 is 5.21. The summed E-state index contributed by atoms with van der Waals surface area (Å²) in [5.74, 6) is 0.140. The first-order valence-corrected chi connectivity index (χ1v) is 6.92. The summed E-state index contributed by atoms with van der Waals surface area (Å²) in [5, 5.41) is 13.1. The Bertz CT molecular complexity index is 615. The van der Waals surface area contributed by atoms with Crippen LogP contribution in [0.15, 0.2) is 28.8 Å². The first-order valence-electron chi connectivity index (χ1n) is 6.54. The van der Waals surface area contributed by atoms with E-state index in [1.807, 2.05) is 30.1 Å². The van der Waals surface area contributed by atoms with Crippen LogP contribution in [0.3, 0.4) is 0 Å². The Hall–Kier alpha value is -1.92. The van der Waals surface area contributed by atoms with E-state index in [-0.39, 0.29) is 6.42 Å². The van der Waals surface area contributed by atoms with E-state index in [0.717, 1.165) is 0 Å². The molecule has 21 heavy (non-hydrogen) atoms. The molecule has 1 heterocycles. The van der Waals surface area contributed by atoms with E-state index < -0.39 is 5.97 Å². The molecule has 0 fully saturated rings. The number of benzene rings is 1. The maximum Gasteiger partial charge on any atom is 0.303 e. The molecule has 0 spiro atoms. The zero-order valence-corrected chi connectivity index (χ0v) is 12.4. The molecule has 0 bridgehead atoms. The van der Waals surface area contributed by atoms with Gasteiger partial charge in [0, 0.05) is 6.42 Å². The molecule has 0 saturated heterocycles. The van der Waals surface area contributed by atoms with Crippen LogP contribution in [-0.4, -0.2) is 39.7 Å². The van der Waals surface area contributed by atoms with Crippen LogP contribution in [0.2, 0.25) is 5.02 Å². The summed E-state index contributed by atoms with van der Waals surface area (Å²) >= 11 is 6.08. The van der Waals surface area contributed by atoms with Crippen LogP contribution >= 0.6 is 11.6 Å². The maximum atomic E-state index is 10.5. The first-order chi connectivity index (χ1) is 10.1. The van der Waals surface area contributed by atoms with E-state index in [4.69, 9.17) is 21.2 Å². The van der Waals surface area contributed by atoms with Crippen molar-refractivity contribution in [2.75, 3.05) is 13.6 Å². The van der Waals surface area contributed by atoms with E-state index in [2.05, 4.69) is 10.1 Å². The Morgan fingerprint density at radius 1 is 1.43 bits per heavy atom. The highest BCUT2D eigenvalue weighted by molar-refractivity contribution is 6.33. The van der Waals surface area contributed by atoms with Gasteiger partial charge in [-0.1, -0.05) is 28.9 Å². The van der Waals surface area contributed by atoms with Gasteiger partial charge in [-0.15, -0.1) is 0 Å². The van der Waals surface area contributed by atoms with E-state index in [1.165, 1.54) is 0 Å². The fourth-order valence-electron chi connectivity index (χ4n) is 1.88. The minimum absolute atomic E-state index is 0.154. The second kappa shape index (κ2) is 7.19. The van der Waals surface area contributed by atoms with Gasteiger partial charge in [0.2, 0.25) is 0 Å². The molecule has 0 unspecified atom stereocenters. The van der Waals surface area contributed by atoms with Crippen molar-refractivity contribution in [2.45, 2.75) is 19.4 Å². The number of carbonyl (C=O) groups is 1. The van der Waals surface area contributed by atoms with E-state index >= 15 is 0 Å². The molecule has 0 radical (unpaired) electrons. The molecule has 2 aromatic rings. The standard InChI is InChI=1S/C14H16ClN3O3/c1-18(8-4-7-13(19)20)9-12-16-14(21-17-12)10-5-2-3-6-11(10)15/h2-3,5-6H,4,7-9H2,1H3,(H,19,20). The predicted octanol–water partition coefficient (Wildman–Crippen LogP) is 2.69. The van der Waals surface area contributed by atoms with Gasteiger partial charge in [0.25, 0.3) is 5.89 Å². The SMILES string of the molecule is CN(CCCC(=O)O)Cc1noc(-c2ccccc2Cl)n1. The fourth-order valence-corrected chi connectivity index (χ4v) is 2.10. The molecule has 0 amide bonds. The van der Waals surface area contributed by atoms with Gasteiger partial charge in [-0.3, -0.25) is 9.69 Å². The number of nitrogens with zero attached hydrogens (tertiary/aromatic N) is 3. The Kier molecular flexibility index (Phi) is 5.30. The Labute approximate surface area is 127 Å². The number of carboxylic acid groups (broad SMARTS) is 1. The predicted molar refractivity (Wildman–Crippen MR) is 77.9 cm³/mol. The van der Waals surface area contributed by atoms with Crippen LogP contribution in [0.25, 0.3) is 11.5 Å². The topological polar surface area (TPSA) is 79.5 Å². The monoisotopic (exact) mass is 309 g/mol. The lowest BCUT2D eigenvalue weighted by Crippen LogP contribution is -2.20. The molecule has 1 N–H and O–H groups in total. The number of halogens is 1. The third kappa shape index (κ3) is 4.54. The molecule has 2 rings (SSSR count). The lowest BCUT2D eigenvalue weighted by atomic mass is 10.2. The first kappa shape index (κ1) is 15.5. The molecule has 0 atom stereocenters. The molecule has 7 heteroatoms. The van der Waals surface area contributed by atoms with Gasteiger partial charge >= 0.3 is 5.97 Å². The summed E-state index contributed by atoms with van der Waals surface area (Å²) in [6.07, 6.45) is 0.739. The molecule has 6 nitrogen and oxygen atoms in total. The van der Waals surface area contributed by atoms with Gasteiger partial charge in [0.1, 0.15) is 0 Å². The van der Waals surface area contributed by atoms with Crippen LogP contribution < -0.4 is 0 Å². The minimum atomic E-state index is -0.788. The second-order valence-electron chi connectivity index (χ2n) is 4.73. The van der Waals surface area contributed by atoms with Gasteiger partial charge in [-0.25, -0.2) is 0 Å². The van der Waals surface area contributed by atoms with Crippen molar-refractivity contribution in [3.8, 4) is 11.5 Å². The zero-order valence-electron chi connectivity index (χ0n) is 11.6. The van der Waals surface area contributed by atoms with Crippen molar-refractivity contribution in [3.63, 3.8) is 0 Å². The Morgan fingerprint density at radius 3 is 2.90 bits per heavy atom. The number of carboxylic acids is 1. The molecule has 112 valence electrons. The molecule has 0 aliphatic heterocycles. The smallest absolute Gasteiger partial charge is 0.303 e. The Balaban J connectivity index is 1.94. The lowest BCUT2D eigenvalue weighted by Gasteiger charge is -2.12. The van der Waals surface area contributed by atoms with Crippen molar-refractivity contribution >= 4 is 17.6 Å². The highest BCUT2D eigenvalue weighted by atomic mass is 35.5. The highest BCUT2D eigenvalue weighted by Gasteiger charge is 2.13. The fraction of sp³-hybridized carbons (Fsp3) is 0.357. The summed E-state index contributed by atoms with van der Waals surface area (Å²) in [5.41, 5.74) is 0.700. The van der Waals surface area contributed by atoms with Gasteiger partial charge in [0.15, 0.2) is 5.82 Å². The van der Waals surface area contributed by atoms with Crippen molar-refractivity contribution in [2.24, 2.45) is 0 Å². The number of aliphatic carboxylic acids is 1. The largest absolute Gasteiger partial charge is 0.481 e. The number of hydrogen-bond donors (Lipinski definition) is 1. The molecule has 1 aromatic carbocycles. The molecule has 0 aliphatic carbocycles. The quantitative estimate of drug-likeness (QED) is 0.847. The second-order valence-corrected chi connectivity index (χ2v) is 5.14. The van der Waals surface area contributed by atoms with E-state index in [1.54, 1.807) is 6.07 Å². The average Bonchev–Trinajstić information content (AvgIpc) is 2.87. The van der Waals surface area contributed by atoms with Gasteiger partial charge in [0.05, 0.1) is 17.1 Å². The van der Waals surface area contributed by atoms with Crippen LogP contribution in [0, 0.1) is 0 Å². The molecule has 0 aliphatic rings. The number of rotatable bonds is 7. The lowest BCUT2D eigenvalue weighted by molar-refractivity contribution is -0.137. The molecule has 1 aromatic heterocycles. The molecular weight excluding hydrogens is 294 g/mol. The molecule has 0 saturated carbocycles. The van der Waals surface area contributed by atoms with Crippen LogP contribution in [-0.2, 0) is 11.3 Å². The summed E-state index contributed by atoms with van der Waals surface area (Å²) in [6, 6.07) is 7.26. The van der Waals surface area contributed by atoms with Crippen LogP contribution in [0.4, 0.5) is 0 Å². The normalized spacial score (nSPS) is 11.0. The van der Waals surface area contributed by atoms with Crippen molar-refractivity contribution < 1.29 is 14.4 Å². The van der Waals surface area contributed by atoms with E-state index in [0.29, 0.717) is 41.8 Å². The van der Waals surface area contributed by atoms with Gasteiger partial charge in [-0.2, -0.15) is 4.98 Å². The summed E-state index contributed by atoms with van der Waals surface area (Å²) in [6.45, 7) is 1.15. The zero-order chi connectivity index (χ0) is 15.2. The van der Waals surface area contributed by atoms with E-state index in [9.17, 15) is 4.79 Å². The van der Waals surface area contributed by atoms with Crippen LogP contribution in [0.5, 0.6) is 0 Å². The summed E-state index contributed by atoms with van der Waals surface area (Å²) in [7, 11) is 1.88. The average molecular weight is 310 g/mol. The van der Waals surface area contributed by atoms with Crippen molar-refractivity contribution in [1.29, 1.82) is 0 Å². The minimum Gasteiger partial charge on any atom is -0.481 e. The summed E-state index contributed by atoms with van der Waals surface area (Å²) in [4.78, 5) is 16.7. The van der Waals surface area contributed by atoms with Gasteiger partial charge in [-0.05, 0) is 32.1 Å². The maximum absolute atomic E-state index is 10.5. The Morgan fingerprint density at radius 2 is 2.19 bits per heavy atom.